The summed E-state index contributed by atoms with van der Waals surface area (Å²) in [6.07, 6.45) is 0. The van der Waals surface area contributed by atoms with Gasteiger partial charge in [-0.3, -0.25) is 24.2 Å². The van der Waals surface area contributed by atoms with Crippen LogP contribution in [0.3, 0.4) is 0 Å². The van der Waals surface area contributed by atoms with Crippen LogP contribution in [-0.4, -0.2) is 29.3 Å². The van der Waals surface area contributed by atoms with E-state index in [2.05, 4.69) is 31.9 Å². The van der Waals surface area contributed by atoms with Crippen molar-refractivity contribution in [2.75, 3.05) is 11.6 Å². The maximum Gasteiger partial charge on any atom is 0.271 e. The highest BCUT2D eigenvalue weighted by Crippen LogP contribution is 2.38. The molecule has 0 saturated heterocycles. The van der Waals surface area contributed by atoms with E-state index in [1.54, 1.807) is 48.5 Å². The lowest BCUT2D eigenvalue weighted by Crippen LogP contribution is -2.44. The van der Waals surface area contributed by atoms with E-state index in [9.17, 15) is 14.4 Å². The van der Waals surface area contributed by atoms with Gasteiger partial charge in [0, 0.05) is 24.7 Å². The van der Waals surface area contributed by atoms with Crippen LogP contribution in [0.15, 0.2) is 75.7 Å². The largest absolute Gasteiger partial charge is 0.289 e. The summed E-state index contributed by atoms with van der Waals surface area (Å²) < 4.78 is 2.57. The number of anilines is 1. The number of hydrogen-bond acceptors (Lipinski definition) is 4. The van der Waals surface area contributed by atoms with Crippen molar-refractivity contribution in [3.63, 3.8) is 0 Å². The van der Waals surface area contributed by atoms with Crippen molar-refractivity contribution >= 4 is 88.3 Å². The predicted molar refractivity (Wildman–Crippen MR) is 137 cm³/mol. The van der Waals surface area contributed by atoms with Crippen molar-refractivity contribution in [2.45, 2.75) is 0 Å². The normalized spacial score (nSPS) is 13.0. The van der Waals surface area contributed by atoms with Gasteiger partial charge in [-0.15, -0.1) is 11.3 Å². The minimum atomic E-state index is -0.433. The van der Waals surface area contributed by atoms with E-state index in [1.807, 2.05) is 18.2 Å². The van der Waals surface area contributed by atoms with Gasteiger partial charge in [-0.05, 0) is 48.5 Å². The van der Waals surface area contributed by atoms with Crippen molar-refractivity contribution < 1.29 is 14.4 Å². The van der Waals surface area contributed by atoms with Gasteiger partial charge in [0.2, 0.25) is 0 Å². The van der Waals surface area contributed by atoms with E-state index in [0.717, 1.165) is 23.9 Å². The average Bonchev–Trinajstić information content (AvgIpc) is 3.26. The zero-order chi connectivity index (χ0) is 23.3. The Kier molecular flexibility index (Phi) is 5.86. The van der Waals surface area contributed by atoms with Crippen LogP contribution in [0, 0.1) is 0 Å². The van der Waals surface area contributed by atoms with Crippen molar-refractivity contribution in [1.29, 1.82) is 0 Å². The number of imide groups is 1. The fourth-order valence-electron chi connectivity index (χ4n) is 3.69. The highest BCUT2D eigenvalue weighted by atomic mass is 79.9. The molecule has 3 amide bonds. The van der Waals surface area contributed by atoms with Gasteiger partial charge in [-0.2, -0.15) is 0 Å². The first-order valence-corrected chi connectivity index (χ1v) is 12.5. The minimum Gasteiger partial charge on any atom is -0.289 e. The Morgan fingerprint density at radius 3 is 2.15 bits per heavy atom. The fourth-order valence-corrected chi connectivity index (χ4v) is 5.97. The highest BCUT2D eigenvalue weighted by molar-refractivity contribution is 9.10. The molecule has 2 heterocycles. The molecule has 1 aromatic heterocycles. The van der Waals surface area contributed by atoms with Crippen LogP contribution in [0.25, 0.3) is 10.1 Å². The van der Waals surface area contributed by atoms with Crippen LogP contribution in [0.4, 0.5) is 5.69 Å². The second-order valence-corrected chi connectivity index (χ2v) is 10.6. The van der Waals surface area contributed by atoms with Crippen molar-refractivity contribution in [2.24, 2.45) is 0 Å². The van der Waals surface area contributed by atoms with E-state index in [1.165, 1.54) is 16.2 Å². The summed E-state index contributed by atoms with van der Waals surface area (Å²) >= 11 is 14.7. The molecule has 1 aliphatic heterocycles. The van der Waals surface area contributed by atoms with E-state index in [0.29, 0.717) is 26.7 Å². The lowest BCUT2D eigenvalue weighted by atomic mass is 10.1. The third-order valence-electron chi connectivity index (χ3n) is 5.33. The number of benzene rings is 3. The number of hydrogen-bond donors (Lipinski definition) is 0. The number of carbonyl (C=O) groups is 3. The molecule has 0 aliphatic carbocycles. The van der Waals surface area contributed by atoms with E-state index in [4.69, 9.17) is 11.6 Å². The summed E-state index contributed by atoms with van der Waals surface area (Å²) in [5.41, 5.74) is 1.19. The molecule has 5 rings (SSSR count). The Bertz CT molecular complexity index is 1420. The number of fused-ring (bicyclic) bond motifs is 2. The monoisotopic (exact) mass is 602 g/mol. The molecular weight excluding hydrogens is 592 g/mol. The van der Waals surface area contributed by atoms with E-state index >= 15 is 0 Å². The van der Waals surface area contributed by atoms with Crippen LogP contribution < -0.4 is 4.90 Å². The third-order valence-corrected chi connectivity index (χ3v) is 8.00. The molecule has 0 saturated carbocycles. The Labute approximate surface area is 214 Å². The second-order valence-electron chi connectivity index (χ2n) is 7.32. The predicted octanol–water partition coefficient (Wildman–Crippen LogP) is 6.98. The van der Waals surface area contributed by atoms with Gasteiger partial charge >= 0.3 is 0 Å². The van der Waals surface area contributed by atoms with Crippen molar-refractivity contribution in [1.82, 2.24) is 4.90 Å². The van der Waals surface area contributed by atoms with Gasteiger partial charge in [-0.25, -0.2) is 0 Å². The summed E-state index contributed by atoms with van der Waals surface area (Å²) in [5, 5.41) is 1.11. The molecule has 4 aromatic rings. The van der Waals surface area contributed by atoms with Gasteiger partial charge in [0.25, 0.3) is 17.7 Å². The Morgan fingerprint density at radius 1 is 0.909 bits per heavy atom. The second kappa shape index (κ2) is 8.68. The molecule has 0 radical (unpaired) electrons. The molecule has 9 heteroatoms. The molecule has 0 fully saturated rings. The molecule has 0 bridgehead atoms. The summed E-state index contributed by atoms with van der Waals surface area (Å²) in [5.74, 6) is -1.26. The Balaban J connectivity index is 1.57. The highest BCUT2D eigenvalue weighted by Gasteiger charge is 2.38. The van der Waals surface area contributed by atoms with Gasteiger partial charge in [0.1, 0.15) is 11.5 Å². The summed E-state index contributed by atoms with van der Waals surface area (Å²) in [6.45, 7) is -0.235. The smallest absolute Gasteiger partial charge is 0.271 e. The fraction of sp³-hybridized carbons (Fsp3) is 0.0417. The van der Waals surface area contributed by atoms with Gasteiger partial charge < -0.3 is 0 Å². The maximum absolute atomic E-state index is 13.8. The van der Waals surface area contributed by atoms with E-state index in [-0.39, 0.29) is 6.67 Å². The van der Waals surface area contributed by atoms with Crippen LogP contribution in [0.2, 0.25) is 5.02 Å². The van der Waals surface area contributed by atoms with Crippen LogP contribution in [0.5, 0.6) is 0 Å². The topological polar surface area (TPSA) is 57.7 Å². The van der Waals surface area contributed by atoms with Crippen LogP contribution >= 0.6 is 54.8 Å². The third kappa shape index (κ3) is 3.91. The standard InChI is InChI=1S/C24H13Br2ClN2O3S/c25-13-5-8-15(9-6-13)28(12-29-22(30)16-3-1-2-4-17(16)23(29)31)24(32)21-20(27)18-10-7-14(26)11-19(18)33-21/h1-11H,12H2. The molecule has 0 unspecified atom stereocenters. The summed E-state index contributed by atoms with van der Waals surface area (Å²) in [7, 11) is 0. The average molecular weight is 605 g/mol. The first kappa shape index (κ1) is 22.3. The molecule has 5 nitrogen and oxygen atoms in total. The van der Waals surface area contributed by atoms with E-state index < -0.39 is 17.7 Å². The first-order chi connectivity index (χ1) is 15.8. The Hall–Kier alpha value is -2.52. The number of amides is 3. The Morgan fingerprint density at radius 2 is 1.52 bits per heavy atom. The lowest BCUT2D eigenvalue weighted by Gasteiger charge is -2.27. The van der Waals surface area contributed by atoms with Crippen LogP contribution in [0.1, 0.15) is 30.4 Å². The van der Waals surface area contributed by atoms with Crippen molar-refractivity contribution in [3.05, 3.63) is 96.7 Å². The molecule has 164 valence electrons. The quantitative estimate of drug-likeness (QED) is 0.236. The SMILES string of the molecule is O=C1c2ccccc2C(=O)N1CN(C(=O)c1sc2cc(Br)ccc2c1Cl)c1ccc(Br)cc1. The summed E-state index contributed by atoms with van der Waals surface area (Å²) in [6, 6.07) is 19.3. The molecule has 0 atom stereocenters. The van der Waals surface area contributed by atoms with Crippen LogP contribution in [-0.2, 0) is 0 Å². The number of carbonyl (C=O) groups excluding carboxylic acids is 3. The van der Waals surface area contributed by atoms with Gasteiger partial charge in [0.05, 0.1) is 16.1 Å². The molecule has 0 spiro atoms. The minimum absolute atomic E-state index is 0.235. The number of nitrogens with zero attached hydrogens (tertiary/aromatic N) is 2. The molecular formula is C24H13Br2ClN2O3S. The molecule has 3 aromatic carbocycles. The maximum atomic E-state index is 13.8. The molecule has 33 heavy (non-hydrogen) atoms. The van der Waals surface area contributed by atoms with Gasteiger partial charge in [0.15, 0.2) is 0 Å². The first-order valence-electron chi connectivity index (χ1n) is 9.75. The lowest BCUT2D eigenvalue weighted by molar-refractivity contribution is 0.0650. The zero-order valence-corrected chi connectivity index (χ0v) is 21.5. The number of halogens is 3. The summed E-state index contributed by atoms with van der Waals surface area (Å²) in [4.78, 5) is 42.5. The zero-order valence-electron chi connectivity index (χ0n) is 16.7. The number of rotatable bonds is 4. The number of thiophene rings is 1. The molecule has 0 N–H and O–H groups in total. The molecule has 1 aliphatic rings. The van der Waals surface area contributed by atoms with Crippen molar-refractivity contribution in [3.8, 4) is 0 Å². The van der Waals surface area contributed by atoms with Gasteiger partial charge in [-0.1, -0.05) is 61.7 Å².